The number of aromatic nitrogens is 2. The van der Waals surface area contributed by atoms with Crippen molar-refractivity contribution in [2.45, 2.75) is 46.2 Å². The molecule has 0 aliphatic heterocycles. The standard InChI is InChI=1S/C18H23N3O/c1-12(19-11-17-13(2)21-22-14(17)3)8-9-15-10-20-18-7-5-4-6-16(15)18/h4-7,10,12,19-20H,8-9,11H2,1-3H3/t12-/m1/s1. The van der Waals surface area contributed by atoms with Crippen LogP contribution in [0.1, 0.15) is 35.9 Å². The van der Waals surface area contributed by atoms with Crippen molar-refractivity contribution in [3.8, 4) is 0 Å². The van der Waals surface area contributed by atoms with E-state index in [0.717, 1.165) is 30.8 Å². The number of nitrogens with zero attached hydrogens (tertiary/aromatic N) is 1. The Labute approximate surface area is 130 Å². The summed E-state index contributed by atoms with van der Waals surface area (Å²) in [6.45, 7) is 7.00. The molecule has 0 bridgehead atoms. The first-order valence-electron chi connectivity index (χ1n) is 7.85. The molecule has 3 aromatic rings. The molecule has 0 aliphatic carbocycles. The minimum atomic E-state index is 0.447. The van der Waals surface area contributed by atoms with Gasteiger partial charge in [0.25, 0.3) is 0 Å². The summed E-state index contributed by atoms with van der Waals surface area (Å²) in [6.07, 6.45) is 4.30. The Balaban J connectivity index is 1.55. The third-order valence-electron chi connectivity index (χ3n) is 4.33. The van der Waals surface area contributed by atoms with Gasteiger partial charge in [-0.1, -0.05) is 23.4 Å². The van der Waals surface area contributed by atoms with Gasteiger partial charge in [-0.2, -0.15) is 0 Å². The number of H-pyrrole nitrogens is 1. The Morgan fingerprint density at radius 3 is 2.86 bits per heavy atom. The highest BCUT2D eigenvalue weighted by atomic mass is 16.5. The van der Waals surface area contributed by atoms with Crippen LogP contribution in [0.25, 0.3) is 10.9 Å². The zero-order valence-corrected chi connectivity index (χ0v) is 13.4. The quantitative estimate of drug-likeness (QED) is 0.726. The average molecular weight is 297 g/mol. The van der Waals surface area contributed by atoms with Gasteiger partial charge in [-0.3, -0.25) is 0 Å². The van der Waals surface area contributed by atoms with E-state index in [0.29, 0.717) is 6.04 Å². The van der Waals surface area contributed by atoms with E-state index in [2.05, 4.69) is 52.8 Å². The number of hydrogen-bond donors (Lipinski definition) is 2. The lowest BCUT2D eigenvalue weighted by Gasteiger charge is -2.13. The van der Waals surface area contributed by atoms with Crippen molar-refractivity contribution in [3.63, 3.8) is 0 Å². The molecule has 0 fully saturated rings. The van der Waals surface area contributed by atoms with Crippen molar-refractivity contribution in [2.75, 3.05) is 0 Å². The second kappa shape index (κ2) is 6.36. The van der Waals surface area contributed by atoms with Crippen LogP contribution >= 0.6 is 0 Å². The summed E-state index contributed by atoms with van der Waals surface area (Å²) >= 11 is 0. The lowest BCUT2D eigenvalue weighted by atomic mass is 10.0. The topological polar surface area (TPSA) is 53.9 Å². The minimum absolute atomic E-state index is 0.447. The van der Waals surface area contributed by atoms with Gasteiger partial charge in [0.15, 0.2) is 0 Å². The zero-order chi connectivity index (χ0) is 15.5. The van der Waals surface area contributed by atoms with Gasteiger partial charge in [0.1, 0.15) is 5.76 Å². The largest absolute Gasteiger partial charge is 0.361 e. The summed E-state index contributed by atoms with van der Waals surface area (Å²) < 4.78 is 5.20. The molecule has 0 unspecified atom stereocenters. The van der Waals surface area contributed by atoms with Crippen LogP contribution in [0, 0.1) is 13.8 Å². The highest BCUT2D eigenvalue weighted by Gasteiger charge is 2.11. The fraction of sp³-hybridized carbons (Fsp3) is 0.389. The van der Waals surface area contributed by atoms with Crippen LogP contribution in [0.3, 0.4) is 0 Å². The first-order valence-corrected chi connectivity index (χ1v) is 7.85. The van der Waals surface area contributed by atoms with Crippen LogP contribution in [0.4, 0.5) is 0 Å². The van der Waals surface area contributed by atoms with Crippen molar-refractivity contribution in [3.05, 3.63) is 53.0 Å². The first kappa shape index (κ1) is 14.9. The highest BCUT2D eigenvalue weighted by molar-refractivity contribution is 5.82. The van der Waals surface area contributed by atoms with E-state index in [1.807, 2.05) is 13.8 Å². The van der Waals surface area contributed by atoms with E-state index in [4.69, 9.17) is 4.52 Å². The molecule has 0 aliphatic rings. The Morgan fingerprint density at radius 1 is 1.27 bits per heavy atom. The molecule has 0 spiro atoms. The van der Waals surface area contributed by atoms with E-state index in [1.54, 1.807) is 0 Å². The Hall–Kier alpha value is -2.07. The van der Waals surface area contributed by atoms with Crippen molar-refractivity contribution in [2.24, 2.45) is 0 Å². The number of aryl methyl sites for hydroxylation is 3. The number of benzene rings is 1. The average Bonchev–Trinajstić information content (AvgIpc) is 3.07. The molecule has 2 N–H and O–H groups in total. The third kappa shape index (κ3) is 3.07. The predicted octanol–water partition coefficient (Wildman–Crippen LogP) is 3.88. The summed E-state index contributed by atoms with van der Waals surface area (Å²) in [6, 6.07) is 8.92. The van der Waals surface area contributed by atoms with Gasteiger partial charge in [-0.15, -0.1) is 0 Å². The second-order valence-corrected chi connectivity index (χ2v) is 5.98. The molecule has 4 heteroatoms. The summed E-state index contributed by atoms with van der Waals surface area (Å²) in [4.78, 5) is 3.34. The molecule has 0 saturated heterocycles. The van der Waals surface area contributed by atoms with Gasteiger partial charge < -0.3 is 14.8 Å². The van der Waals surface area contributed by atoms with E-state index in [1.165, 1.54) is 22.0 Å². The van der Waals surface area contributed by atoms with Crippen molar-refractivity contribution < 1.29 is 4.52 Å². The second-order valence-electron chi connectivity index (χ2n) is 5.98. The van der Waals surface area contributed by atoms with Gasteiger partial charge in [-0.05, 0) is 45.2 Å². The molecule has 2 aromatic heterocycles. The molecule has 1 atom stereocenters. The Kier molecular flexibility index (Phi) is 4.29. The molecular weight excluding hydrogens is 274 g/mol. The van der Waals surface area contributed by atoms with E-state index < -0.39 is 0 Å². The van der Waals surface area contributed by atoms with Crippen LogP contribution in [0.15, 0.2) is 35.0 Å². The highest BCUT2D eigenvalue weighted by Crippen LogP contribution is 2.19. The van der Waals surface area contributed by atoms with Gasteiger partial charge in [0.2, 0.25) is 0 Å². The lowest BCUT2D eigenvalue weighted by Crippen LogP contribution is -2.26. The summed E-state index contributed by atoms with van der Waals surface area (Å²) in [5.74, 6) is 0.911. The summed E-state index contributed by atoms with van der Waals surface area (Å²) in [7, 11) is 0. The third-order valence-corrected chi connectivity index (χ3v) is 4.33. The van der Waals surface area contributed by atoms with Crippen molar-refractivity contribution >= 4 is 10.9 Å². The van der Waals surface area contributed by atoms with Crippen molar-refractivity contribution in [1.29, 1.82) is 0 Å². The van der Waals surface area contributed by atoms with Crippen molar-refractivity contribution in [1.82, 2.24) is 15.5 Å². The monoisotopic (exact) mass is 297 g/mol. The minimum Gasteiger partial charge on any atom is -0.361 e. The Morgan fingerprint density at radius 2 is 2.09 bits per heavy atom. The fourth-order valence-corrected chi connectivity index (χ4v) is 2.84. The van der Waals surface area contributed by atoms with Crippen LogP contribution in [-0.2, 0) is 13.0 Å². The number of aromatic amines is 1. The maximum atomic E-state index is 5.20. The first-order chi connectivity index (χ1) is 10.6. The van der Waals surface area contributed by atoms with Crippen LogP contribution in [0.2, 0.25) is 0 Å². The van der Waals surface area contributed by atoms with E-state index in [-0.39, 0.29) is 0 Å². The molecule has 0 saturated carbocycles. The molecular formula is C18H23N3O. The maximum Gasteiger partial charge on any atom is 0.138 e. The van der Waals surface area contributed by atoms with Gasteiger partial charge in [0.05, 0.1) is 5.69 Å². The molecule has 4 nitrogen and oxygen atoms in total. The van der Waals surface area contributed by atoms with Crippen LogP contribution in [-0.4, -0.2) is 16.2 Å². The van der Waals surface area contributed by atoms with Gasteiger partial charge in [0, 0.05) is 35.2 Å². The zero-order valence-electron chi connectivity index (χ0n) is 13.4. The van der Waals surface area contributed by atoms with Gasteiger partial charge in [-0.25, -0.2) is 0 Å². The fourth-order valence-electron chi connectivity index (χ4n) is 2.84. The SMILES string of the molecule is Cc1noc(C)c1CN[C@H](C)CCc1c[nH]c2ccccc12. The Bertz CT molecular complexity index is 737. The molecule has 3 rings (SSSR count). The van der Waals surface area contributed by atoms with Crippen LogP contribution in [0.5, 0.6) is 0 Å². The number of hydrogen-bond acceptors (Lipinski definition) is 3. The summed E-state index contributed by atoms with van der Waals surface area (Å²) in [5.41, 5.74) is 4.77. The smallest absolute Gasteiger partial charge is 0.138 e. The number of fused-ring (bicyclic) bond motifs is 1. The normalized spacial score (nSPS) is 12.9. The lowest BCUT2D eigenvalue weighted by molar-refractivity contribution is 0.391. The van der Waals surface area contributed by atoms with E-state index >= 15 is 0 Å². The number of nitrogens with one attached hydrogen (secondary N) is 2. The van der Waals surface area contributed by atoms with Crippen LogP contribution < -0.4 is 5.32 Å². The number of rotatable bonds is 6. The number of para-hydroxylation sites is 1. The molecule has 1 aromatic carbocycles. The molecule has 0 amide bonds. The molecule has 2 heterocycles. The predicted molar refractivity (Wildman–Crippen MR) is 88.9 cm³/mol. The molecule has 0 radical (unpaired) electrons. The molecule has 22 heavy (non-hydrogen) atoms. The maximum absolute atomic E-state index is 5.20. The van der Waals surface area contributed by atoms with Gasteiger partial charge >= 0.3 is 0 Å². The van der Waals surface area contributed by atoms with E-state index in [9.17, 15) is 0 Å². The molecule has 116 valence electrons. The summed E-state index contributed by atoms with van der Waals surface area (Å²) in [5, 5.41) is 8.90.